The molecule has 0 saturated heterocycles. The largest absolute Gasteiger partial charge is 0.354 e. The van der Waals surface area contributed by atoms with Crippen molar-refractivity contribution in [2.45, 2.75) is 13.5 Å². The van der Waals surface area contributed by atoms with Crippen LogP contribution in [-0.2, 0) is 6.54 Å². The number of anilines is 2. The van der Waals surface area contributed by atoms with Crippen LogP contribution in [0.1, 0.15) is 12.5 Å². The van der Waals surface area contributed by atoms with Gasteiger partial charge in [-0.25, -0.2) is 0 Å². The molecule has 5 nitrogen and oxygen atoms in total. The first-order chi connectivity index (χ1) is 9.17. The zero-order chi connectivity index (χ0) is 13.7. The van der Waals surface area contributed by atoms with Gasteiger partial charge in [0.15, 0.2) is 0 Å². The highest BCUT2D eigenvalue weighted by Gasteiger charge is 2.04. The molecule has 2 N–H and O–H groups in total. The molecule has 0 bridgehead atoms. The third-order valence-electron chi connectivity index (χ3n) is 2.31. The number of halogens is 2. The maximum Gasteiger partial charge on any atom is 0.229 e. The Morgan fingerprint density at radius 1 is 1.05 bits per heavy atom. The van der Waals surface area contributed by atoms with Gasteiger partial charge in [-0.1, -0.05) is 28.1 Å². The van der Waals surface area contributed by atoms with E-state index >= 15 is 0 Å². The highest BCUT2D eigenvalue weighted by atomic mass is 79.9. The van der Waals surface area contributed by atoms with Crippen molar-refractivity contribution in [1.82, 2.24) is 15.0 Å². The predicted octanol–water partition coefficient (Wildman–Crippen LogP) is 3.33. The van der Waals surface area contributed by atoms with Gasteiger partial charge in [-0.15, -0.1) is 0 Å². The van der Waals surface area contributed by atoms with Crippen LogP contribution in [0.25, 0.3) is 0 Å². The minimum Gasteiger partial charge on any atom is -0.354 e. The molecule has 0 atom stereocenters. The van der Waals surface area contributed by atoms with E-state index in [2.05, 4.69) is 41.5 Å². The molecule has 0 amide bonds. The molecular weight excluding hydrogens is 330 g/mol. The molecule has 0 aliphatic heterocycles. The Morgan fingerprint density at radius 2 is 1.68 bits per heavy atom. The number of nitrogens with zero attached hydrogens (tertiary/aromatic N) is 3. The van der Waals surface area contributed by atoms with E-state index in [0.717, 1.165) is 16.6 Å². The molecule has 2 aromatic rings. The van der Waals surface area contributed by atoms with E-state index < -0.39 is 0 Å². The van der Waals surface area contributed by atoms with Gasteiger partial charge >= 0.3 is 0 Å². The van der Waals surface area contributed by atoms with Gasteiger partial charge in [0.1, 0.15) is 0 Å². The zero-order valence-electron chi connectivity index (χ0n) is 10.3. The molecule has 0 unspecified atom stereocenters. The van der Waals surface area contributed by atoms with Crippen LogP contribution in [0.2, 0.25) is 5.28 Å². The fraction of sp³-hybridized carbons (Fsp3) is 0.250. The summed E-state index contributed by atoms with van der Waals surface area (Å²) in [6, 6.07) is 8.01. The average molecular weight is 343 g/mol. The van der Waals surface area contributed by atoms with Gasteiger partial charge in [-0.2, -0.15) is 15.0 Å². The molecule has 0 spiro atoms. The van der Waals surface area contributed by atoms with E-state index in [1.54, 1.807) is 0 Å². The Bertz CT molecular complexity index is 546. The lowest BCUT2D eigenvalue weighted by Crippen LogP contribution is -2.08. The van der Waals surface area contributed by atoms with Crippen LogP contribution in [0.15, 0.2) is 28.7 Å². The summed E-state index contributed by atoms with van der Waals surface area (Å²) < 4.78 is 1.05. The van der Waals surface area contributed by atoms with Gasteiger partial charge in [0.05, 0.1) is 0 Å². The van der Waals surface area contributed by atoms with Crippen LogP contribution >= 0.6 is 27.5 Å². The summed E-state index contributed by atoms with van der Waals surface area (Å²) in [7, 11) is 0. The molecule has 0 fully saturated rings. The molecule has 0 aliphatic carbocycles. The number of rotatable bonds is 5. The van der Waals surface area contributed by atoms with Gasteiger partial charge in [-0.3, -0.25) is 0 Å². The van der Waals surface area contributed by atoms with Crippen LogP contribution < -0.4 is 10.6 Å². The summed E-state index contributed by atoms with van der Waals surface area (Å²) >= 11 is 9.24. The summed E-state index contributed by atoms with van der Waals surface area (Å²) in [5, 5.41) is 6.29. The highest BCUT2D eigenvalue weighted by Crippen LogP contribution is 2.13. The number of benzene rings is 1. The van der Waals surface area contributed by atoms with E-state index in [9.17, 15) is 0 Å². The van der Waals surface area contributed by atoms with Crippen LogP contribution in [0, 0.1) is 0 Å². The maximum atomic E-state index is 5.84. The van der Waals surface area contributed by atoms with Crippen LogP contribution in [0.5, 0.6) is 0 Å². The zero-order valence-corrected chi connectivity index (χ0v) is 12.7. The fourth-order valence-corrected chi connectivity index (χ4v) is 1.87. The Kier molecular flexibility index (Phi) is 4.93. The smallest absolute Gasteiger partial charge is 0.229 e. The standard InChI is InChI=1S/C12H13BrClN5/c1-2-15-11-17-10(14)18-12(19-11)16-7-8-3-5-9(13)6-4-8/h3-6H,2,7H2,1H3,(H2,15,16,17,18,19). The second-order valence-electron chi connectivity index (χ2n) is 3.76. The lowest BCUT2D eigenvalue weighted by atomic mass is 10.2. The Hall–Kier alpha value is -1.40. The van der Waals surface area contributed by atoms with Gasteiger partial charge in [0.25, 0.3) is 0 Å². The molecule has 7 heteroatoms. The van der Waals surface area contributed by atoms with Crippen LogP contribution in [0.4, 0.5) is 11.9 Å². The first-order valence-electron chi connectivity index (χ1n) is 5.81. The lowest BCUT2D eigenvalue weighted by Gasteiger charge is -2.07. The second kappa shape index (κ2) is 6.68. The van der Waals surface area contributed by atoms with Gasteiger partial charge in [0, 0.05) is 17.6 Å². The second-order valence-corrected chi connectivity index (χ2v) is 5.02. The first-order valence-corrected chi connectivity index (χ1v) is 6.98. The van der Waals surface area contributed by atoms with Crippen LogP contribution in [0.3, 0.4) is 0 Å². The third kappa shape index (κ3) is 4.33. The number of hydrogen-bond acceptors (Lipinski definition) is 5. The highest BCUT2D eigenvalue weighted by molar-refractivity contribution is 9.10. The van der Waals surface area contributed by atoms with E-state index in [-0.39, 0.29) is 5.28 Å². The number of nitrogens with one attached hydrogen (secondary N) is 2. The molecule has 1 heterocycles. The van der Waals surface area contributed by atoms with E-state index in [1.165, 1.54) is 0 Å². The molecule has 2 rings (SSSR count). The Labute approximate surface area is 125 Å². The van der Waals surface area contributed by atoms with E-state index in [0.29, 0.717) is 18.4 Å². The summed E-state index contributed by atoms with van der Waals surface area (Å²) in [5.41, 5.74) is 1.13. The van der Waals surface area contributed by atoms with Crippen LogP contribution in [-0.4, -0.2) is 21.5 Å². The van der Waals surface area contributed by atoms with Gasteiger partial charge < -0.3 is 10.6 Å². The summed E-state index contributed by atoms with van der Waals surface area (Å²) in [4.78, 5) is 12.2. The van der Waals surface area contributed by atoms with Crippen molar-refractivity contribution in [3.05, 3.63) is 39.6 Å². The predicted molar refractivity (Wildman–Crippen MR) is 80.5 cm³/mol. The normalized spacial score (nSPS) is 10.3. The molecular formula is C12H13BrClN5. The van der Waals surface area contributed by atoms with Crippen molar-refractivity contribution >= 4 is 39.4 Å². The van der Waals surface area contributed by atoms with Gasteiger partial charge in [0.2, 0.25) is 17.2 Å². The SMILES string of the molecule is CCNc1nc(Cl)nc(NCc2ccc(Br)cc2)n1. The average Bonchev–Trinajstić information content (AvgIpc) is 2.38. The van der Waals surface area contributed by atoms with Crippen molar-refractivity contribution in [1.29, 1.82) is 0 Å². The van der Waals surface area contributed by atoms with Crippen molar-refractivity contribution in [3.8, 4) is 0 Å². The molecule has 0 radical (unpaired) electrons. The number of aromatic nitrogens is 3. The first kappa shape index (κ1) is 14.0. The fourth-order valence-electron chi connectivity index (χ4n) is 1.45. The molecule has 0 aliphatic rings. The maximum absolute atomic E-state index is 5.84. The minimum atomic E-state index is 0.171. The third-order valence-corrected chi connectivity index (χ3v) is 3.00. The topological polar surface area (TPSA) is 62.7 Å². The van der Waals surface area contributed by atoms with Gasteiger partial charge in [-0.05, 0) is 36.2 Å². The summed E-state index contributed by atoms with van der Waals surface area (Å²) in [6.07, 6.45) is 0. The quantitative estimate of drug-likeness (QED) is 0.872. The molecule has 1 aromatic carbocycles. The molecule has 1 aromatic heterocycles. The molecule has 19 heavy (non-hydrogen) atoms. The molecule has 100 valence electrons. The Balaban J connectivity index is 2.04. The number of hydrogen-bond donors (Lipinski definition) is 2. The summed E-state index contributed by atoms with van der Waals surface area (Å²) in [6.45, 7) is 3.32. The molecule has 0 saturated carbocycles. The van der Waals surface area contributed by atoms with E-state index in [4.69, 9.17) is 11.6 Å². The minimum absolute atomic E-state index is 0.171. The van der Waals surface area contributed by atoms with Crippen molar-refractivity contribution in [3.63, 3.8) is 0 Å². The van der Waals surface area contributed by atoms with Crippen molar-refractivity contribution in [2.75, 3.05) is 17.2 Å². The lowest BCUT2D eigenvalue weighted by molar-refractivity contribution is 0.987. The Morgan fingerprint density at radius 3 is 2.32 bits per heavy atom. The van der Waals surface area contributed by atoms with E-state index in [1.807, 2.05) is 31.2 Å². The summed E-state index contributed by atoms with van der Waals surface area (Å²) in [5.74, 6) is 0.930. The van der Waals surface area contributed by atoms with Crippen molar-refractivity contribution < 1.29 is 0 Å². The van der Waals surface area contributed by atoms with Crippen molar-refractivity contribution in [2.24, 2.45) is 0 Å². The monoisotopic (exact) mass is 341 g/mol.